The van der Waals surface area contributed by atoms with Crippen molar-refractivity contribution in [3.8, 4) is 11.3 Å². The zero-order chi connectivity index (χ0) is 12.4. The van der Waals surface area contributed by atoms with E-state index in [1.54, 1.807) is 19.3 Å². The third kappa shape index (κ3) is 1.91. The molecule has 0 bridgehead atoms. The zero-order valence-corrected chi connectivity index (χ0v) is 9.85. The molecule has 0 N–H and O–H groups in total. The van der Waals surface area contributed by atoms with Crippen molar-refractivity contribution < 1.29 is 14.1 Å². The van der Waals surface area contributed by atoms with Gasteiger partial charge in [0.1, 0.15) is 17.0 Å². The highest BCUT2D eigenvalue weighted by atomic mass is 16.5. The number of ether oxygens (including phenoxy) is 1. The zero-order valence-electron chi connectivity index (χ0n) is 9.85. The maximum Gasteiger partial charge on any atom is 0.343 e. The summed E-state index contributed by atoms with van der Waals surface area (Å²) < 4.78 is 9.77. The molecule has 17 heavy (non-hydrogen) atoms. The van der Waals surface area contributed by atoms with Gasteiger partial charge in [-0.3, -0.25) is 4.98 Å². The molecule has 88 valence electrons. The Morgan fingerprint density at radius 1 is 1.41 bits per heavy atom. The van der Waals surface area contributed by atoms with Crippen molar-refractivity contribution in [2.45, 2.75) is 13.8 Å². The molecule has 0 aliphatic heterocycles. The standard InChI is InChI=1S/C12H12N2O3/c1-7-4-5-13-6-9(7)11-10(12(15)16-3)8(2)17-14-11/h4-6H,1-3H3. The van der Waals surface area contributed by atoms with E-state index in [4.69, 9.17) is 9.26 Å². The van der Waals surface area contributed by atoms with E-state index in [-0.39, 0.29) is 0 Å². The molecule has 0 aliphatic carbocycles. The molecular formula is C12H12N2O3. The van der Waals surface area contributed by atoms with Crippen LogP contribution in [-0.2, 0) is 4.74 Å². The molecular weight excluding hydrogens is 220 g/mol. The number of aromatic nitrogens is 2. The molecule has 0 aromatic carbocycles. The highest BCUT2D eigenvalue weighted by Gasteiger charge is 2.23. The van der Waals surface area contributed by atoms with Crippen LogP contribution in [0.1, 0.15) is 21.7 Å². The third-order valence-electron chi connectivity index (χ3n) is 2.55. The van der Waals surface area contributed by atoms with Crippen molar-refractivity contribution in [3.63, 3.8) is 0 Å². The molecule has 0 amide bonds. The minimum atomic E-state index is -0.456. The lowest BCUT2D eigenvalue weighted by Gasteiger charge is -2.03. The smallest absolute Gasteiger partial charge is 0.343 e. The van der Waals surface area contributed by atoms with E-state index >= 15 is 0 Å². The second kappa shape index (κ2) is 4.37. The second-order valence-corrected chi connectivity index (χ2v) is 3.64. The molecule has 2 aromatic rings. The van der Waals surface area contributed by atoms with E-state index < -0.39 is 5.97 Å². The van der Waals surface area contributed by atoms with E-state index in [0.29, 0.717) is 17.0 Å². The Labute approximate surface area is 98.4 Å². The Morgan fingerprint density at radius 2 is 2.18 bits per heavy atom. The number of nitrogens with zero attached hydrogens (tertiary/aromatic N) is 2. The summed E-state index contributed by atoms with van der Waals surface area (Å²) in [5.74, 6) is -0.0166. The fourth-order valence-electron chi connectivity index (χ4n) is 1.61. The molecule has 0 unspecified atom stereocenters. The van der Waals surface area contributed by atoms with Gasteiger partial charge in [0, 0.05) is 18.0 Å². The number of carbonyl (C=O) groups excluding carboxylic acids is 1. The van der Waals surface area contributed by atoms with Crippen LogP contribution in [0.2, 0.25) is 0 Å². The Hall–Kier alpha value is -2.17. The van der Waals surface area contributed by atoms with Crippen molar-refractivity contribution >= 4 is 5.97 Å². The average Bonchev–Trinajstić information content (AvgIpc) is 2.71. The molecule has 2 aromatic heterocycles. The first-order valence-corrected chi connectivity index (χ1v) is 5.10. The number of methoxy groups -OCH3 is 1. The summed E-state index contributed by atoms with van der Waals surface area (Å²) in [5.41, 5.74) is 2.56. The van der Waals surface area contributed by atoms with Crippen LogP contribution in [0.15, 0.2) is 23.0 Å². The Kier molecular flexibility index (Phi) is 2.91. The average molecular weight is 232 g/mol. The van der Waals surface area contributed by atoms with Gasteiger partial charge in [-0.05, 0) is 25.5 Å². The molecule has 2 rings (SSSR count). The van der Waals surface area contributed by atoms with Crippen LogP contribution in [-0.4, -0.2) is 23.2 Å². The lowest BCUT2D eigenvalue weighted by molar-refractivity contribution is 0.0599. The SMILES string of the molecule is COC(=O)c1c(-c2cnccc2C)noc1C. The largest absolute Gasteiger partial charge is 0.465 e. The van der Waals surface area contributed by atoms with Crippen molar-refractivity contribution in [2.24, 2.45) is 0 Å². The highest BCUT2D eigenvalue weighted by Crippen LogP contribution is 2.27. The fourth-order valence-corrected chi connectivity index (χ4v) is 1.61. The fraction of sp³-hybridized carbons (Fsp3) is 0.250. The number of rotatable bonds is 2. The first-order valence-electron chi connectivity index (χ1n) is 5.10. The molecule has 2 heterocycles. The van der Waals surface area contributed by atoms with Crippen LogP contribution in [0.4, 0.5) is 0 Å². The molecule has 0 radical (unpaired) electrons. The van der Waals surface area contributed by atoms with E-state index in [9.17, 15) is 4.79 Å². The van der Waals surface area contributed by atoms with Crippen molar-refractivity contribution in [2.75, 3.05) is 7.11 Å². The van der Waals surface area contributed by atoms with Gasteiger partial charge in [-0.2, -0.15) is 0 Å². The number of esters is 1. The second-order valence-electron chi connectivity index (χ2n) is 3.64. The molecule has 0 saturated heterocycles. The van der Waals surface area contributed by atoms with Crippen LogP contribution in [0, 0.1) is 13.8 Å². The van der Waals surface area contributed by atoms with Crippen LogP contribution < -0.4 is 0 Å². The van der Waals surface area contributed by atoms with Gasteiger partial charge in [-0.15, -0.1) is 0 Å². The van der Waals surface area contributed by atoms with Gasteiger partial charge in [0.25, 0.3) is 0 Å². The summed E-state index contributed by atoms with van der Waals surface area (Å²) in [7, 11) is 1.33. The van der Waals surface area contributed by atoms with E-state index in [0.717, 1.165) is 11.1 Å². The summed E-state index contributed by atoms with van der Waals surface area (Å²) in [6.45, 7) is 3.59. The lowest BCUT2D eigenvalue weighted by Crippen LogP contribution is -2.04. The van der Waals surface area contributed by atoms with Gasteiger partial charge < -0.3 is 9.26 Å². The number of hydrogen-bond donors (Lipinski definition) is 0. The molecule has 0 aliphatic rings. The summed E-state index contributed by atoms with van der Waals surface area (Å²) in [6, 6.07) is 1.85. The quantitative estimate of drug-likeness (QED) is 0.742. The summed E-state index contributed by atoms with van der Waals surface area (Å²) >= 11 is 0. The van der Waals surface area contributed by atoms with Crippen molar-refractivity contribution in [3.05, 3.63) is 35.3 Å². The monoisotopic (exact) mass is 232 g/mol. The minimum absolute atomic E-state index is 0.351. The van der Waals surface area contributed by atoms with Gasteiger partial charge >= 0.3 is 5.97 Å². The number of aryl methyl sites for hydroxylation is 2. The van der Waals surface area contributed by atoms with E-state index in [1.807, 2.05) is 13.0 Å². The van der Waals surface area contributed by atoms with Gasteiger partial charge in [0.15, 0.2) is 0 Å². The third-order valence-corrected chi connectivity index (χ3v) is 2.55. The topological polar surface area (TPSA) is 65.2 Å². The Balaban J connectivity index is 2.61. The molecule has 5 heteroatoms. The predicted octanol–water partition coefficient (Wildman–Crippen LogP) is 2.14. The van der Waals surface area contributed by atoms with Crippen molar-refractivity contribution in [1.29, 1.82) is 0 Å². The summed E-state index contributed by atoms with van der Waals surface area (Å²) in [4.78, 5) is 15.7. The number of pyridine rings is 1. The number of carbonyl (C=O) groups is 1. The highest BCUT2D eigenvalue weighted by molar-refractivity contribution is 5.97. The minimum Gasteiger partial charge on any atom is -0.465 e. The van der Waals surface area contributed by atoms with Crippen LogP contribution in [0.25, 0.3) is 11.3 Å². The van der Waals surface area contributed by atoms with E-state index in [1.165, 1.54) is 7.11 Å². The van der Waals surface area contributed by atoms with Gasteiger partial charge in [-0.1, -0.05) is 5.16 Å². The van der Waals surface area contributed by atoms with E-state index in [2.05, 4.69) is 10.1 Å². The molecule has 0 saturated carbocycles. The first-order chi connectivity index (χ1) is 8.15. The normalized spacial score (nSPS) is 10.3. The summed E-state index contributed by atoms with van der Waals surface area (Å²) in [5, 5.41) is 3.90. The van der Waals surface area contributed by atoms with Crippen LogP contribution in [0.3, 0.4) is 0 Å². The van der Waals surface area contributed by atoms with Gasteiger partial charge in [0.2, 0.25) is 0 Å². The lowest BCUT2D eigenvalue weighted by atomic mass is 10.0. The first kappa shape index (κ1) is 11.3. The number of hydrogen-bond acceptors (Lipinski definition) is 5. The maximum absolute atomic E-state index is 11.7. The van der Waals surface area contributed by atoms with Crippen LogP contribution in [0.5, 0.6) is 0 Å². The maximum atomic E-state index is 11.7. The van der Waals surface area contributed by atoms with Crippen LogP contribution >= 0.6 is 0 Å². The molecule has 0 spiro atoms. The molecule has 5 nitrogen and oxygen atoms in total. The predicted molar refractivity (Wildman–Crippen MR) is 60.5 cm³/mol. The van der Waals surface area contributed by atoms with Gasteiger partial charge in [0.05, 0.1) is 7.11 Å². The molecule has 0 atom stereocenters. The summed E-state index contributed by atoms with van der Waals surface area (Å²) in [6.07, 6.45) is 3.34. The molecule has 0 fully saturated rings. The van der Waals surface area contributed by atoms with Crippen molar-refractivity contribution in [1.82, 2.24) is 10.1 Å². The Bertz CT molecular complexity index is 561. The van der Waals surface area contributed by atoms with Gasteiger partial charge in [-0.25, -0.2) is 4.79 Å². The Morgan fingerprint density at radius 3 is 2.82 bits per heavy atom.